The van der Waals surface area contributed by atoms with Gasteiger partial charge in [-0.2, -0.15) is 0 Å². The lowest BCUT2D eigenvalue weighted by atomic mass is 9.97. The van der Waals surface area contributed by atoms with Crippen LogP contribution in [0.5, 0.6) is 11.5 Å². The first-order chi connectivity index (χ1) is 18.0. The van der Waals surface area contributed by atoms with E-state index in [1.54, 1.807) is 29.5 Å². The molecule has 0 saturated carbocycles. The van der Waals surface area contributed by atoms with Gasteiger partial charge in [0.05, 0.1) is 15.1 Å². The molecule has 188 valence electrons. The Kier molecular flexibility index (Phi) is 6.63. The van der Waals surface area contributed by atoms with Crippen LogP contribution in [0.3, 0.4) is 0 Å². The SMILES string of the molecule is O=C(C=Cc1ccc2c(c1)OCO2)N1CCC(c2nc(-c3cc(-c4ccc(Cl)c(Cl)c4)no3)cs2)CC1. The molecule has 2 aromatic heterocycles. The van der Waals surface area contributed by atoms with Gasteiger partial charge in [0.2, 0.25) is 12.7 Å². The van der Waals surface area contributed by atoms with Crippen LogP contribution in [0.4, 0.5) is 0 Å². The van der Waals surface area contributed by atoms with Crippen LogP contribution >= 0.6 is 34.5 Å². The summed E-state index contributed by atoms with van der Waals surface area (Å²) in [5.74, 6) is 2.34. The van der Waals surface area contributed by atoms with E-state index in [0.29, 0.717) is 46.3 Å². The van der Waals surface area contributed by atoms with Crippen molar-refractivity contribution in [2.24, 2.45) is 0 Å². The maximum absolute atomic E-state index is 12.7. The molecule has 1 amide bonds. The lowest BCUT2D eigenvalue weighted by molar-refractivity contribution is -0.126. The van der Waals surface area contributed by atoms with E-state index in [2.05, 4.69) is 5.16 Å². The number of carbonyl (C=O) groups is 1. The van der Waals surface area contributed by atoms with Crippen LogP contribution in [0, 0.1) is 0 Å². The molecule has 6 rings (SSSR count). The first-order valence-electron chi connectivity index (χ1n) is 11.8. The maximum atomic E-state index is 12.7. The molecule has 2 aliphatic heterocycles. The van der Waals surface area contributed by atoms with Crippen molar-refractivity contribution in [2.75, 3.05) is 19.9 Å². The Morgan fingerprint density at radius 3 is 2.68 bits per heavy atom. The highest BCUT2D eigenvalue weighted by Gasteiger charge is 2.25. The highest BCUT2D eigenvalue weighted by Crippen LogP contribution is 2.35. The summed E-state index contributed by atoms with van der Waals surface area (Å²) in [4.78, 5) is 19.4. The topological polar surface area (TPSA) is 77.7 Å². The van der Waals surface area contributed by atoms with E-state index in [1.165, 1.54) is 0 Å². The Hall–Kier alpha value is -3.33. The van der Waals surface area contributed by atoms with Gasteiger partial charge in [-0.05, 0) is 48.7 Å². The van der Waals surface area contributed by atoms with Gasteiger partial charge < -0.3 is 18.9 Å². The number of fused-ring (bicyclic) bond motifs is 1. The molecule has 4 heterocycles. The third-order valence-corrected chi connectivity index (χ3v) is 8.22. The number of hydrogen-bond acceptors (Lipinski definition) is 7. The molecule has 2 aliphatic rings. The van der Waals surface area contributed by atoms with Gasteiger partial charge in [-0.3, -0.25) is 4.79 Å². The van der Waals surface area contributed by atoms with Gasteiger partial charge in [0, 0.05) is 42.1 Å². The molecule has 0 bridgehead atoms. The summed E-state index contributed by atoms with van der Waals surface area (Å²) in [6, 6.07) is 12.8. The van der Waals surface area contributed by atoms with Crippen molar-refractivity contribution in [3.63, 3.8) is 0 Å². The molecule has 7 nitrogen and oxygen atoms in total. The molecular formula is C27H21Cl2N3O4S. The first-order valence-corrected chi connectivity index (χ1v) is 13.4. The van der Waals surface area contributed by atoms with Gasteiger partial charge in [0.15, 0.2) is 17.3 Å². The fourth-order valence-corrected chi connectivity index (χ4v) is 5.69. The number of piperidine rings is 1. The number of ether oxygens (including phenoxy) is 2. The molecule has 1 saturated heterocycles. The number of nitrogens with zero attached hydrogens (tertiary/aromatic N) is 3. The molecule has 10 heteroatoms. The van der Waals surface area contributed by atoms with Crippen LogP contribution in [0.15, 0.2) is 58.4 Å². The van der Waals surface area contributed by atoms with E-state index in [0.717, 1.165) is 40.4 Å². The Labute approximate surface area is 227 Å². The maximum Gasteiger partial charge on any atom is 0.246 e. The molecule has 37 heavy (non-hydrogen) atoms. The predicted molar refractivity (Wildman–Crippen MR) is 143 cm³/mol. The molecule has 2 aromatic carbocycles. The van der Waals surface area contributed by atoms with Gasteiger partial charge in [0.1, 0.15) is 11.4 Å². The van der Waals surface area contributed by atoms with Gasteiger partial charge in [-0.15, -0.1) is 11.3 Å². The zero-order valence-electron chi connectivity index (χ0n) is 19.5. The summed E-state index contributed by atoms with van der Waals surface area (Å²) < 4.78 is 16.3. The average molecular weight is 554 g/mol. The largest absolute Gasteiger partial charge is 0.454 e. The van der Waals surface area contributed by atoms with Crippen LogP contribution in [-0.4, -0.2) is 40.8 Å². The number of hydrogen-bond donors (Lipinski definition) is 0. The zero-order chi connectivity index (χ0) is 25.4. The molecule has 0 aliphatic carbocycles. The number of rotatable bonds is 5. The van der Waals surface area contributed by atoms with Crippen LogP contribution in [0.1, 0.15) is 29.3 Å². The monoisotopic (exact) mass is 553 g/mol. The number of likely N-dealkylation sites (tertiary alicyclic amines) is 1. The Morgan fingerprint density at radius 2 is 1.84 bits per heavy atom. The highest BCUT2D eigenvalue weighted by molar-refractivity contribution is 7.10. The number of amides is 1. The zero-order valence-corrected chi connectivity index (χ0v) is 21.9. The van der Waals surface area contributed by atoms with E-state index >= 15 is 0 Å². The second-order valence-electron chi connectivity index (χ2n) is 8.82. The van der Waals surface area contributed by atoms with E-state index in [4.69, 9.17) is 42.2 Å². The number of halogens is 2. The van der Waals surface area contributed by atoms with E-state index in [9.17, 15) is 4.79 Å². The van der Waals surface area contributed by atoms with E-state index < -0.39 is 0 Å². The molecule has 0 radical (unpaired) electrons. The summed E-state index contributed by atoms with van der Waals surface area (Å²) in [7, 11) is 0. The Balaban J connectivity index is 1.06. The third kappa shape index (κ3) is 5.09. The number of aromatic nitrogens is 2. The second-order valence-corrected chi connectivity index (χ2v) is 10.5. The summed E-state index contributed by atoms with van der Waals surface area (Å²) >= 11 is 13.8. The third-order valence-electron chi connectivity index (χ3n) is 6.47. The lowest BCUT2D eigenvalue weighted by Crippen LogP contribution is -2.36. The molecule has 0 spiro atoms. The molecular weight excluding hydrogens is 533 g/mol. The number of carbonyl (C=O) groups excluding carboxylic acids is 1. The fourth-order valence-electron chi connectivity index (χ4n) is 4.41. The van der Waals surface area contributed by atoms with Gasteiger partial charge in [0.25, 0.3) is 0 Å². The molecule has 4 aromatic rings. The van der Waals surface area contributed by atoms with Crippen LogP contribution in [0.25, 0.3) is 28.8 Å². The van der Waals surface area contributed by atoms with E-state index in [-0.39, 0.29) is 12.7 Å². The summed E-state index contributed by atoms with van der Waals surface area (Å²) in [5.41, 5.74) is 3.15. The van der Waals surface area contributed by atoms with Crippen LogP contribution in [0.2, 0.25) is 10.0 Å². The minimum atomic E-state index is 0.00689. The quantitative estimate of drug-likeness (QED) is 0.249. The minimum absolute atomic E-state index is 0.00689. The van der Waals surface area contributed by atoms with Gasteiger partial charge in [-0.25, -0.2) is 4.98 Å². The molecule has 1 fully saturated rings. The van der Waals surface area contributed by atoms with Gasteiger partial charge in [-0.1, -0.05) is 40.5 Å². The van der Waals surface area contributed by atoms with Crippen molar-refractivity contribution < 1.29 is 18.8 Å². The Bertz CT molecular complexity index is 1490. The van der Waals surface area contributed by atoms with Crippen molar-refractivity contribution in [2.45, 2.75) is 18.8 Å². The van der Waals surface area contributed by atoms with Gasteiger partial charge >= 0.3 is 0 Å². The predicted octanol–water partition coefficient (Wildman–Crippen LogP) is 6.92. The molecule has 0 atom stereocenters. The van der Waals surface area contributed by atoms with Crippen molar-refractivity contribution in [3.8, 4) is 34.2 Å². The van der Waals surface area contributed by atoms with Crippen molar-refractivity contribution >= 4 is 46.5 Å². The average Bonchev–Trinajstić information content (AvgIpc) is 3.69. The van der Waals surface area contributed by atoms with Crippen LogP contribution < -0.4 is 9.47 Å². The standard InChI is InChI=1S/C27H21Cl2N3O4S/c28-19-4-3-18(12-20(19)29)21-13-24(36-31-21)22-14-37-27(30-22)17-7-9-32(10-8-17)26(33)6-2-16-1-5-23-25(11-16)35-15-34-23/h1-6,11-14,17H,7-10,15H2. The second kappa shape index (κ2) is 10.2. The normalized spacial score (nSPS) is 15.6. The van der Waals surface area contributed by atoms with Crippen LogP contribution in [-0.2, 0) is 4.79 Å². The number of benzene rings is 2. The lowest BCUT2D eigenvalue weighted by Gasteiger charge is -2.30. The molecule has 0 N–H and O–H groups in total. The van der Waals surface area contributed by atoms with Crippen molar-refractivity contribution in [1.82, 2.24) is 15.0 Å². The van der Waals surface area contributed by atoms with Crippen molar-refractivity contribution in [3.05, 3.63) is 74.5 Å². The summed E-state index contributed by atoms with van der Waals surface area (Å²) in [6.07, 6.45) is 5.16. The summed E-state index contributed by atoms with van der Waals surface area (Å²) in [5, 5.41) is 8.16. The van der Waals surface area contributed by atoms with E-state index in [1.807, 2.05) is 46.7 Å². The first kappa shape index (κ1) is 24.0. The highest BCUT2D eigenvalue weighted by atomic mass is 35.5. The number of thiazole rings is 1. The molecule has 0 unspecified atom stereocenters. The summed E-state index contributed by atoms with van der Waals surface area (Å²) in [6.45, 7) is 1.61. The van der Waals surface area contributed by atoms with Crippen molar-refractivity contribution in [1.29, 1.82) is 0 Å². The smallest absolute Gasteiger partial charge is 0.246 e. The fraction of sp³-hybridized carbons (Fsp3) is 0.222. The Morgan fingerprint density at radius 1 is 1.00 bits per heavy atom. The minimum Gasteiger partial charge on any atom is -0.454 e.